The van der Waals surface area contributed by atoms with Crippen LogP contribution in [-0.2, 0) is 9.53 Å². The third-order valence-corrected chi connectivity index (χ3v) is 3.49. The quantitative estimate of drug-likeness (QED) is 0.774. The average molecular weight is 300 g/mol. The Bertz CT molecular complexity index is 924. The largest absolute Gasteiger partial charge is 0.440 e. The molecule has 1 aliphatic rings. The molecule has 1 aromatic carbocycles. The topological polar surface area (TPSA) is 112 Å². The molecule has 3 rings (SSSR count). The molecule has 2 amide bonds. The van der Waals surface area contributed by atoms with Crippen LogP contribution in [0.25, 0.3) is 17.0 Å². The lowest BCUT2D eigenvalue weighted by molar-refractivity contribution is -0.116. The van der Waals surface area contributed by atoms with E-state index in [4.69, 9.17) is 10.2 Å². The number of carbonyl (C=O) groups excluding carboxylic acids is 2. The minimum atomic E-state index is -0.897. The zero-order chi connectivity index (χ0) is 16.0. The second kappa shape index (κ2) is 4.73. The van der Waals surface area contributed by atoms with Crippen LogP contribution in [0.5, 0.6) is 0 Å². The molecule has 0 aliphatic carbocycles. The number of cyclic esters (lactones) is 1. The highest BCUT2D eigenvalue weighted by Gasteiger charge is 2.27. The van der Waals surface area contributed by atoms with Gasteiger partial charge in [0.15, 0.2) is 5.76 Å². The van der Waals surface area contributed by atoms with E-state index in [1.807, 2.05) is 19.2 Å². The van der Waals surface area contributed by atoms with Crippen LogP contribution < -0.4 is 16.5 Å². The number of hydrogen-bond acceptors (Lipinski definition) is 6. The number of aryl methyl sites for hydroxylation is 2. The van der Waals surface area contributed by atoms with Gasteiger partial charge in [-0.05, 0) is 37.1 Å². The van der Waals surface area contributed by atoms with E-state index in [0.717, 1.165) is 17.2 Å². The number of imide groups is 1. The third-order valence-electron chi connectivity index (χ3n) is 3.49. The summed E-state index contributed by atoms with van der Waals surface area (Å²) in [6, 6.07) is 3.42. The molecule has 0 bridgehead atoms. The van der Waals surface area contributed by atoms with E-state index < -0.39 is 17.4 Å². The zero-order valence-corrected chi connectivity index (χ0v) is 11.9. The number of hydrogen-bond donors (Lipinski definition) is 2. The van der Waals surface area contributed by atoms with E-state index in [1.165, 1.54) is 0 Å². The standard InChI is InChI=1S/C15H12N2O5/c1-6-3-8-10(4-7(6)2)21-13(16)9(12(8)18)5-11-14(19)17-15(20)22-11/h3-5H,16H2,1-2H3,(H,17,19,20)/b11-5+. The fraction of sp³-hybridized carbons (Fsp3) is 0.133. The first-order chi connectivity index (χ1) is 10.4. The van der Waals surface area contributed by atoms with Crippen LogP contribution in [0.15, 0.2) is 27.1 Å². The average Bonchev–Trinajstić information content (AvgIpc) is 2.75. The number of anilines is 1. The smallest absolute Gasteiger partial charge is 0.419 e. The van der Waals surface area contributed by atoms with Crippen LogP contribution in [0.2, 0.25) is 0 Å². The van der Waals surface area contributed by atoms with Gasteiger partial charge in [-0.1, -0.05) is 0 Å². The van der Waals surface area contributed by atoms with Gasteiger partial charge in [0, 0.05) is 6.08 Å². The molecule has 0 spiro atoms. The second-order valence-electron chi connectivity index (χ2n) is 4.99. The van der Waals surface area contributed by atoms with Crippen molar-refractivity contribution in [3.05, 3.63) is 44.8 Å². The fourth-order valence-electron chi connectivity index (χ4n) is 2.17. The van der Waals surface area contributed by atoms with Gasteiger partial charge >= 0.3 is 6.09 Å². The van der Waals surface area contributed by atoms with E-state index >= 15 is 0 Å². The SMILES string of the molecule is Cc1cc2oc(N)c(/C=C3/OC(=O)NC3=O)c(=O)c2cc1C. The maximum Gasteiger partial charge on any atom is 0.419 e. The van der Waals surface area contributed by atoms with Crippen molar-refractivity contribution < 1.29 is 18.7 Å². The van der Waals surface area contributed by atoms with E-state index in [0.29, 0.717) is 11.0 Å². The Morgan fingerprint density at radius 2 is 1.82 bits per heavy atom. The normalized spacial score (nSPS) is 16.2. The van der Waals surface area contributed by atoms with Crippen LogP contribution in [0.4, 0.5) is 10.7 Å². The number of amides is 2. The Balaban J connectivity index is 2.25. The molecule has 2 aromatic rings. The van der Waals surface area contributed by atoms with Crippen molar-refractivity contribution in [2.45, 2.75) is 13.8 Å². The van der Waals surface area contributed by atoms with E-state index in [1.54, 1.807) is 12.1 Å². The second-order valence-corrected chi connectivity index (χ2v) is 4.99. The number of alkyl carbamates (subject to hydrolysis) is 1. The lowest BCUT2D eigenvalue weighted by Crippen LogP contribution is -2.18. The zero-order valence-electron chi connectivity index (χ0n) is 11.9. The van der Waals surface area contributed by atoms with Crippen molar-refractivity contribution in [3.8, 4) is 0 Å². The summed E-state index contributed by atoms with van der Waals surface area (Å²) < 4.78 is 10.1. The van der Waals surface area contributed by atoms with Gasteiger partial charge in [0.2, 0.25) is 11.3 Å². The molecule has 0 radical (unpaired) electrons. The Morgan fingerprint density at radius 1 is 1.14 bits per heavy atom. The summed E-state index contributed by atoms with van der Waals surface area (Å²) in [7, 11) is 0. The van der Waals surface area contributed by atoms with Crippen molar-refractivity contribution in [1.29, 1.82) is 0 Å². The van der Waals surface area contributed by atoms with Crippen LogP contribution in [0.3, 0.4) is 0 Å². The summed E-state index contributed by atoms with van der Waals surface area (Å²) in [5.74, 6) is -1.18. The first kappa shape index (κ1) is 13.9. The molecule has 0 saturated carbocycles. The Kier molecular flexibility index (Phi) is 2.98. The maximum absolute atomic E-state index is 12.5. The molecule has 7 heteroatoms. The van der Waals surface area contributed by atoms with E-state index in [9.17, 15) is 14.4 Å². The number of ether oxygens (including phenoxy) is 1. The summed E-state index contributed by atoms with van der Waals surface area (Å²) >= 11 is 0. The molecule has 112 valence electrons. The van der Waals surface area contributed by atoms with Crippen molar-refractivity contribution >= 4 is 34.9 Å². The summed E-state index contributed by atoms with van der Waals surface area (Å²) in [5, 5.41) is 2.28. The number of nitrogens with two attached hydrogens (primary N) is 1. The van der Waals surface area contributed by atoms with Gasteiger partial charge in [0.1, 0.15) is 5.58 Å². The van der Waals surface area contributed by atoms with Gasteiger partial charge < -0.3 is 14.9 Å². The summed E-state index contributed by atoms with van der Waals surface area (Å²) in [6.45, 7) is 3.76. The Morgan fingerprint density at radius 3 is 2.45 bits per heavy atom. The molecule has 22 heavy (non-hydrogen) atoms. The predicted octanol–water partition coefficient (Wildman–Crippen LogP) is 1.60. The minimum Gasteiger partial charge on any atom is -0.440 e. The van der Waals surface area contributed by atoms with Gasteiger partial charge in [-0.15, -0.1) is 0 Å². The summed E-state index contributed by atoms with van der Waals surface area (Å²) in [5.41, 5.74) is 7.57. The number of benzene rings is 1. The highest BCUT2D eigenvalue weighted by molar-refractivity contribution is 6.10. The molecule has 7 nitrogen and oxygen atoms in total. The molecular weight excluding hydrogens is 288 g/mol. The highest BCUT2D eigenvalue weighted by Crippen LogP contribution is 2.23. The fourth-order valence-corrected chi connectivity index (χ4v) is 2.17. The van der Waals surface area contributed by atoms with Crippen LogP contribution in [-0.4, -0.2) is 12.0 Å². The van der Waals surface area contributed by atoms with Crippen LogP contribution in [0, 0.1) is 13.8 Å². The van der Waals surface area contributed by atoms with Gasteiger partial charge in [-0.2, -0.15) is 0 Å². The summed E-state index contributed by atoms with van der Waals surface area (Å²) in [6.07, 6.45) is 0.210. The molecule has 1 saturated heterocycles. The lowest BCUT2D eigenvalue weighted by atomic mass is 10.0. The van der Waals surface area contributed by atoms with Crippen LogP contribution in [0.1, 0.15) is 16.7 Å². The molecular formula is C15H12N2O5. The molecule has 1 fully saturated rings. The predicted molar refractivity (Wildman–Crippen MR) is 79.0 cm³/mol. The lowest BCUT2D eigenvalue weighted by Gasteiger charge is -2.06. The molecule has 2 heterocycles. The van der Waals surface area contributed by atoms with E-state index in [-0.39, 0.29) is 17.2 Å². The number of nitrogens with one attached hydrogen (secondary N) is 1. The first-order valence-corrected chi connectivity index (χ1v) is 6.45. The van der Waals surface area contributed by atoms with Crippen molar-refractivity contribution in [2.75, 3.05) is 5.73 Å². The van der Waals surface area contributed by atoms with E-state index in [2.05, 4.69) is 4.74 Å². The third kappa shape index (κ3) is 2.12. The van der Waals surface area contributed by atoms with Crippen molar-refractivity contribution in [2.24, 2.45) is 0 Å². The van der Waals surface area contributed by atoms with Crippen molar-refractivity contribution in [3.63, 3.8) is 0 Å². The molecule has 0 atom stereocenters. The maximum atomic E-state index is 12.5. The molecule has 0 unspecified atom stereocenters. The Hall–Kier alpha value is -3.09. The van der Waals surface area contributed by atoms with Crippen molar-refractivity contribution in [1.82, 2.24) is 5.32 Å². The van der Waals surface area contributed by atoms with Gasteiger partial charge in [-0.25, -0.2) is 4.79 Å². The number of nitrogen functional groups attached to an aromatic ring is 1. The molecule has 1 aliphatic heterocycles. The van der Waals surface area contributed by atoms with Gasteiger partial charge in [0.05, 0.1) is 10.9 Å². The summed E-state index contributed by atoms with van der Waals surface area (Å²) in [4.78, 5) is 35.0. The highest BCUT2D eigenvalue weighted by atomic mass is 16.6. The van der Waals surface area contributed by atoms with Crippen LogP contribution >= 0.6 is 0 Å². The Labute approximate surface area is 124 Å². The van der Waals surface area contributed by atoms with Gasteiger partial charge in [0.25, 0.3) is 5.91 Å². The monoisotopic (exact) mass is 300 g/mol. The first-order valence-electron chi connectivity index (χ1n) is 6.45. The minimum absolute atomic E-state index is 0.0318. The van der Waals surface area contributed by atoms with Gasteiger partial charge in [-0.3, -0.25) is 14.9 Å². The number of fused-ring (bicyclic) bond motifs is 1. The number of carbonyl (C=O) groups is 2. The number of rotatable bonds is 1. The molecule has 1 aromatic heterocycles. The molecule has 3 N–H and O–H groups in total.